The van der Waals surface area contributed by atoms with Crippen molar-refractivity contribution in [1.82, 2.24) is 14.5 Å². The Morgan fingerprint density at radius 2 is 2.17 bits per heavy atom. The first-order valence-electron chi connectivity index (χ1n) is 9.79. The van der Waals surface area contributed by atoms with Gasteiger partial charge in [0.2, 0.25) is 5.78 Å². The number of hydrogen-bond acceptors (Lipinski definition) is 7. The van der Waals surface area contributed by atoms with E-state index in [0.717, 1.165) is 13.1 Å². The number of hydrogen-bond donors (Lipinski definition) is 0. The van der Waals surface area contributed by atoms with Gasteiger partial charge in [0, 0.05) is 69.9 Å². The van der Waals surface area contributed by atoms with E-state index in [4.69, 9.17) is 4.74 Å². The molecule has 0 N–H and O–H groups in total. The van der Waals surface area contributed by atoms with Crippen LogP contribution in [0.4, 0.5) is 11.4 Å². The minimum absolute atomic E-state index is 0.0555. The Morgan fingerprint density at radius 3 is 2.79 bits per heavy atom. The van der Waals surface area contributed by atoms with Crippen molar-refractivity contribution in [2.45, 2.75) is 19.9 Å². The number of imidazole rings is 1. The maximum absolute atomic E-state index is 12.7. The summed E-state index contributed by atoms with van der Waals surface area (Å²) in [4.78, 5) is 32.4. The van der Waals surface area contributed by atoms with Crippen LogP contribution in [0.25, 0.3) is 0 Å². The summed E-state index contributed by atoms with van der Waals surface area (Å²) in [7, 11) is 1.72. The van der Waals surface area contributed by atoms with Crippen LogP contribution in [0.3, 0.4) is 0 Å². The highest BCUT2D eigenvalue weighted by atomic mass is 16.6. The molecule has 0 aliphatic carbocycles. The Hall–Kier alpha value is -2.78. The highest BCUT2D eigenvalue weighted by molar-refractivity contribution is 6.07. The number of ketones is 1. The molecular formula is C20H27N5O4. The summed E-state index contributed by atoms with van der Waals surface area (Å²) in [5, 5.41) is 11.7. The molecule has 1 aliphatic heterocycles. The van der Waals surface area contributed by atoms with Crippen molar-refractivity contribution in [2.24, 2.45) is 7.05 Å². The number of aromatic nitrogens is 2. The van der Waals surface area contributed by atoms with Gasteiger partial charge >= 0.3 is 0 Å². The molecule has 9 heteroatoms. The number of aryl methyl sites for hydroxylation is 1. The first kappa shape index (κ1) is 20.9. The van der Waals surface area contributed by atoms with Crippen molar-refractivity contribution in [3.8, 4) is 0 Å². The number of nitrogens with zero attached hydrogens (tertiary/aromatic N) is 5. The highest BCUT2D eigenvalue weighted by Crippen LogP contribution is 2.31. The lowest BCUT2D eigenvalue weighted by atomic mass is 10.1. The van der Waals surface area contributed by atoms with Crippen molar-refractivity contribution >= 4 is 17.2 Å². The third-order valence-corrected chi connectivity index (χ3v) is 5.29. The molecule has 1 saturated heterocycles. The average Bonchev–Trinajstić information content (AvgIpc) is 3.14. The molecule has 0 bridgehead atoms. The summed E-state index contributed by atoms with van der Waals surface area (Å²) in [5.41, 5.74) is 0.751. The Labute approximate surface area is 170 Å². The first-order chi connectivity index (χ1) is 13.9. The molecule has 1 unspecified atom stereocenters. The summed E-state index contributed by atoms with van der Waals surface area (Å²) in [6.45, 7) is 8.49. The lowest BCUT2D eigenvalue weighted by Crippen LogP contribution is -2.52. The molecule has 0 spiro atoms. The van der Waals surface area contributed by atoms with Crippen LogP contribution in [-0.2, 0) is 11.8 Å². The number of nitro benzene ring substituents is 1. The van der Waals surface area contributed by atoms with Crippen LogP contribution in [0, 0.1) is 10.1 Å². The van der Waals surface area contributed by atoms with Crippen LogP contribution in [0.2, 0.25) is 0 Å². The van der Waals surface area contributed by atoms with E-state index in [9.17, 15) is 14.9 Å². The summed E-state index contributed by atoms with van der Waals surface area (Å²) in [6, 6.07) is 4.93. The van der Waals surface area contributed by atoms with Crippen LogP contribution >= 0.6 is 0 Å². The van der Waals surface area contributed by atoms with Gasteiger partial charge in [-0.3, -0.25) is 19.8 Å². The number of carbonyl (C=O) groups excluding carboxylic acids is 1. The molecule has 2 heterocycles. The van der Waals surface area contributed by atoms with E-state index in [1.165, 1.54) is 12.3 Å². The molecule has 1 atom stereocenters. The van der Waals surface area contributed by atoms with E-state index in [2.05, 4.69) is 16.8 Å². The van der Waals surface area contributed by atoms with Crippen LogP contribution in [-0.4, -0.2) is 70.6 Å². The fraction of sp³-hybridized carbons (Fsp3) is 0.500. The zero-order valence-corrected chi connectivity index (χ0v) is 17.1. The predicted molar refractivity (Wildman–Crippen MR) is 109 cm³/mol. The summed E-state index contributed by atoms with van der Waals surface area (Å²) < 4.78 is 7.04. The van der Waals surface area contributed by atoms with Gasteiger partial charge in [-0.15, -0.1) is 0 Å². The van der Waals surface area contributed by atoms with Gasteiger partial charge in [0.25, 0.3) is 5.69 Å². The molecule has 1 aromatic heterocycles. The molecule has 1 aliphatic rings. The quantitative estimate of drug-likeness (QED) is 0.289. The van der Waals surface area contributed by atoms with E-state index in [0.29, 0.717) is 32.0 Å². The maximum atomic E-state index is 12.7. The Morgan fingerprint density at radius 1 is 1.38 bits per heavy atom. The highest BCUT2D eigenvalue weighted by Gasteiger charge is 2.29. The third kappa shape index (κ3) is 4.63. The number of rotatable bonds is 8. The normalized spacial score (nSPS) is 17.5. The number of carbonyl (C=O) groups is 1. The predicted octanol–water partition coefficient (Wildman–Crippen LogP) is 2.11. The Bertz CT molecular complexity index is 882. The average molecular weight is 401 g/mol. The van der Waals surface area contributed by atoms with Gasteiger partial charge in [0.05, 0.1) is 11.5 Å². The van der Waals surface area contributed by atoms with Crippen molar-refractivity contribution in [1.29, 1.82) is 0 Å². The summed E-state index contributed by atoms with van der Waals surface area (Å²) in [5.74, 6) is -0.0788. The first-order valence-corrected chi connectivity index (χ1v) is 9.79. The second-order valence-corrected chi connectivity index (χ2v) is 7.18. The Balaban J connectivity index is 1.79. The van der Waals surface area contributed by atoms with E-state index >= 15 is 0 Å². The van der Waals surface area contributed by atoms with Crippen LogP contribution in [0.15, 0.2) is 30.6 Å². The number of nitro groups is 1. The second-order valence-electron chi connectivity index (χ2n) is 7.18. The van der Waals surface area contributed by atoms with E-state index < -0.39 is 4.92 Å². The zero-order chi connectivity index (χ0) is 21.0. The van der Waals surface area contributed by atoms with Crippen LogP contribution in [0.1, 0.15) is 30.0 Å². The minimum atomic E-state index is -0.420. The van der Waals surface area contributed by atoms with Gasteiger partial charge in [-0.2, -0.15) is 0 Å². The molecule has 0 radical (unpaired) electrons. The lowest BCUT2D eigenvalue weighted by molar-refractivity contribution is -0.384. The zero-order valence-electron chi connectivity index (χ0n) is 17.1. The van der Waals surface area contributed by atoms with Crippen molar-refractivity contribution < 1.29 is 14.5 Å². The van der Waals surface area contributed by atoms with Gasteiger partial charge in [-0.05, 0) is 26.0 Å². The molecular weight excluding hydrogens is 374 g/mol. The van der Waals surface area contributed by atoms with Gasteiger partial charge in [0.15, 0.2) is 5.82 Å². The third-order valence-electron chi connectivity index (χ3n) is 5.29. The molecule has 0 amide bonds. The van der Waals surface area contributed by atoms with E-state index in [1.807, 2.05) is 11.8 Å². The van der Waals surface area contributed by atoms with Gasteiger partial charge in [0.1, 0.15) is 5.69 Å². The van der Waals surface area contributed by atoms with Crippen LogP contribution < -0.4 is 4.90 Å². The molecule has 3 rings (SSSR count). The van der Waals surface area contributed by atoms with Crippen molar-refractivity contribution in [2.75, 3.05) is 44.3 Å². The second kappa shape index (κ2) is 9.15. The standard InChI is InChI=1S/C20H27N5O4/c1-4-29-12-11-23-9-10-24(14-15(23)2)17-6-5-16(13-18(17)25(27)28)19(26)20-21-7-8-22(20)3/h5-8,13,15H,4,9-12,14H2,1-3H3. The number of anilines is 1. The molecule has 1 aromatic carbocycles. The monoisotopic (exact) mass is 401 g/mol. The summed E-state index contributed by atoms with van der Waals surface area (Å²) >= 11 is 0. The fourth-order valence-corrected chi connectivity index (χ4v) is 3.66. The summed E-state index contributed by atoms with van der Waals surface area (Å²) in [6.07, 6.45) is 3.20. The van der Waals surface area contributed by atoms with Gasteiger partial charge < -0.3 is 14.2 Å². The number of piperazine rings is 1. The maximum Gasteiger partial charge on any atom is 0.293 e. The largest absolute Gasteiger partial charge is 0.380 e. The van der Waals surface area contributed by atoms with Gasteiger partial charge in [-0.1, -0.05) is 0 Å². The molecule has 29 heavy (non-hydrogen) atoms. The fourth-order valence-electron chi connectivity index (χ4n) is 3.66. The Kier molecular flexibility index (Phi) is 6.60. The molecule has 2 aromatic rings. The van der Waals surface area contributed by atoms with Gasteiger partial charge in [-0.25, -0.2) is 4.98 Å². The number of ether oxygens (including phenoxy) is 1. The molecule has 1 fully saturated rings. The number of benzene rings is 1. The molecule has 9 nitrogen and oxygen atoms in total. The van der Waals surface area contributed by atoms with E-state index in [1.54, 1.807) is 29.9 Å². The topological polar surface area (TPSA) is 93.7 Å². The SMILES string of the molecule is CCOCCN1CCN(c2ccc(C(=O)c3nccn3C)cc2[N+](=O)[O-])CC1C. The minimum Gasteiger partial charge on any atom is -0.380 e. The van der Waals surface area contributed by atoms with E-state index in [-0.39, 0.29) is 28.9 Å². The van der Waals surface area contributed by atoms with Crippen molar-refractivity contribution in [3.63, 3.8) is 0 Å². The molecule has 156 valence electrons. The smallest absolute Gasteiger partial charge is 0.293 e. The lowest BCUT2D eigenvalue weighted by Gasteiger charge is -2.40. The van der Waals surface area contributed by atoms with Crippen LogP contribution in [0.5, 0.6) is 0 Å². The molecule has 0 saturated carbocycles. The van der Waals surface area contributed by atoms with Crippen molar-refractivity contribution in [3.05, 3.63) is 52.1 Å².